The molecular formula is C22H17N7O3S. The molecule has 5 aromatic rings. The highest BCUT2D eigenvalue weighted by Gasteiger charge is 2.14. The summed E-state index contributed by atoms with van der Waals surface area (Å²) in [5.41, 5.74) is 1.17. The monoisotopic (exact) mass is 459 g/mol. The van der Waals surface area contributed by atoms with Crippen molar-refractivity contribution in [3.63, 3.8) is 0 Å². The maximum absolute atomic E-state index is 12.7. The van der Waals surface area contributed by atoms with Crippen LogP contribution in [-0.2, 0) is 10.0 Å². The van der Waals surface area contributed by atoms with Crippen molar-refractivity contribution in [1.29, 1.82) is 0 Å². The third kappa shape index (κ3) is 4.57. The lowest BCUT2D eigenvalue weighted by atomic mass is 10.3. The van der Waals surface area contributed by atoms with Gasteiger partial charge in [-0.3, -0.25) is 4.72 Å². The summed E-state index contributed by atoms with van der Waals surface area (Å²) in [4.78, 5) is 0.145. The van der Waals surface area contributed by atoms with Crippen molar-refractivity contribution in [2.75, 3.05) is 4.72 Å². The molecule has 0 spiro atoms. The van der Waals surface area contributed by atoms with Gasteiger partial charge in [0.05, 0.1) is 10.6 Å². The molecular weight excluding hydrogens is 442 g/mol. The first-order valence-electron chi connectivity index (χ1n) is 9.81. The van der Waals surface area contributed by atoms with Crippen LogP contribution in [0.4, 0.5) is 5.69 Å². The van der Waals surface area contributed by atoms with Crippen molar-refractivity contribution < 1.29 is 13.2 Å². The van der Waals surface area contributed by atoms with E-state index in [9.17, 15) is 8.42 Å². The fourth-order valence-corrected chi connectivity index (χ4v) is 4.08. The number of nitrogens with zero attached hydrogens (tertiary/aromatic N) is 6. The second kappa shape index (κ2) is 8.55. The van der Waals surface area contributed by atoms with Crippen LogP contribution in [-0.4, -0.2) is 38.2 Å². The normalized spacial score (nSPS) is 11.3. The summed E-state index contributed by atoms with van der Waals surface area (Å²) in [6.45, 7) is 0. The fraction of sp³-hybridized carbons (Fsp3) is 0. The van der Waals surface area contributed by atoms with Crippen LogP contribution >= 0.6 is 0 Å². The zero-order chi connectivity index (χ0) is 22.7. The minimum atomic E-state index is -3.75. The third-order valence-electron chi connectivity index (χ3n) is 4.61. The number of ether oxygens (including phenoxy) is 1. The molecule has 0 aliphatic carbocycles. The molecule has 164 valence electrons. The number of anilines is 1. The van der Waals surface area contributed by atoms with Crippen molar-refractivity contribution in [3.05, 3.63) is 97.6 Å². The van der Waals surface area contributed by atoms with Crippen molar-refractivity contribution in [3.8, 4) is 23.1 Å². The van der Waals surface area contributed by atoms with E-state index in [1.807, 2.05) is 0 Å². The Balaban J connectivity index is 1.24. The Hall–Kier alpha value is -4.51. The van der Waals surface area contributed by atoms with E-state index in [4.69, 9.17) is 4.74 Å². The lowest BCUT2D eigenvalue weighted by molar-refractivity contribution is 0.454. The summed E-state index contributed by atoms with van der Waals surface area (Å²) in [5.74, 6) is 1.36. The lowest BCUT2D eigenvalue weighted by Crippen LogP contribution is -2.13. The van der Waals surface area contributed by atoms with Crippen molar-refractivity contribution in [2.45, 2.75) is 4.90 Å². The Bertz CT molecular complexity index is 1430. The van der Waals surface area contributed by atoms with Gasteiger partial charge in [-0.25, -0.2) is 17.8 Å². The van der Waals surface area contributed by atoms with E-state index in [2.05, 4.69) is 25.1 Å². The van der Waals surface area contributed by atoms with Gasteiger partial charge in [-0.15, -0.1) is 10.2 Å². The molecule has 0 unspecified atom stereocenters. The van der Waals surface area contributed by atoms with E-state index < -0.39 is 10.0 Å². The summed E-state index contributed by atoms with van der Waals surface area (Å²) in [6.07, 6.45) is 6.85. The molecule has 33 heavy (non-hydrogen) atoms. The second-order valence-electron chi connectivity index (χ2n) is 6.86. The van der Waals surface area contributed by atoms with Gasteiger partial charge in [0.15, 0.2) is 5.82 Å². The molecule has 0 atom stereocenters. The fourth-order valence-electron chi connectivity index (χ4n) is 3.02. The molecule has 5 rings (SSSR count). The second-order valence-corrected chi connectivity index (χ2v) is 8.54. The van der Waals surface area contributed by atoms with Crippen LogP contribution in [0.3, 0.4) is 0 Å². The summed E-state index contributed by atoms with van der Waals surface area (Å²) in [5, 5.41) is 16.3. The molecule has 0 radical (unpaired) electrons. The Morgan fingerprint density at radius 1 is 0.758 bits per heavy atom. The van der Waals surface area contributed by atoms with Crippen molar-refractivity contribution in [2.24, 2.45) is 0 Å². The number of rotatable bonds is 7. The molecule has 0 fully saturated rings. The number of aromatic nitrogens is 6. The highest BCUT2D eigenvalue weighted by atomic mass is 32.2. The van der Waals surface area contributed by atoms with Crippen LogP contribution in [0.15, 0.2) is 102 Å². The van der Waals surface area contributed by atoms with Gasteiger partial charge in [0.25, 0.3) is 10.0 Å². The summed E-state index contributed by atoms with van der Waals surface area (Å²) in [6, 6.07) is 19.9. The third-order valence-corrected chi connectivity index (χ3v) is 6.01. The quantitative estimate of drug-likeness (QED) is 0.396. The molecule has 0 aliphatic heterocycles. The van der Waals surface area contributed by atoms with Crippen LogP contribution < -0.4 is 9.46 Å². The number of nitrogens with one attached hydrogen (secondary N) is 1. The van der Waals surface area contributed by atoms with Gasteiger partial charge < -0.3 is 4.74 Å². The van der Waals surface area contributed by atoms with E-state index in [1.165, 1.54) is 12.1 Å². The van der Waals surface area contributed by atoms with Gasteiger partial charge in [-0.05, 0) is 66.7 Å². The first-order chi connectivity index (χ1) is 16.1. The molecule has 0 amide bonds. The molecule has 1 N–H and O–H groups in total. The molecule has 0 aliphatic rings. The molecule has 0 saturated carbocycles. The molecule has 11 heteroatoms. The van der Waals surface area contributed by atoms with E-state index in [0.29, 0.717) is 23.1 Å². The maximum atomic E-state index is 12.7. The Morgan fingerprint density at radius 2 is 1.45 bits per heavy atom. The minimum Gasteiger partial charge on any atom is -0.438 e. The first-order valence-corrected chi connectivity index (χ1v) is 11.3. The topological polar surface area (TPSA) is 117 Å². The zero-order valence-corrected chi connectivity index (χ0v) is 17.9. The molecule has 10 nitrogen and oxygen atoms in total. The predicted octanol–water partition coefficient (Wildman–Crippen LogP) is 3.44. The van der Waals surface area contributed by atoms with Crippen LogP contribution in [0.25, 0.3) is 11.5 Å². The first kappa shape index (κ1) is 20.4. The van der Waals surface area contributed by atoms with E-state index in [0.717, 1.165) is 5.69 Å². The van der Waals surface area contributed by atoms with Gasteiger partial charge in [-0.1, -0.05) is 0 Å². The Kier molecular flexibility index (Phi) is 5.29. The number of hydrogen-bond donors (Lipinski definition) is 1. The van der Waals surface area contributed by atoms with Crippen molar-refractivity contribution in [1.82, 2.24) is 29.8 Å². The van der Waals surface area contributed by atoms with E-state index in [-0.39, 0.29) is 4.90 Å². The van der Waals surface area contributed by atoms with Crippen LogP contribution in [0.1, 0.15) is 0 Å². The minimum absolute atomic E-state index is 0.145. The van der Waals surface area contributed by atoms with Crippen LogP contribution in [0.2, 0.25) is 0 Å². The average molecular weight is 459 g/mol. The number of benzene rings is 2. The average Bonchev–Trinajstić information content (AvgIpc) is 3.56. The molecule has 2 aromatic carbocycles. The predicted molar refractivity (Wildman–Crippen MR) is 120 cm³/mol. The van der Waals surface area contributed by atoms with E-state index >= 15 is 0 Å². The highest BCUT2D eigenvalue weighted by Crippen LogP contribution is 2.23. The van der Waals surface area contributed by atoms with Crippen LogP contribution in [0, 0.1) is 0 Å². The SMILES string of the molecule is O=S(=O)(Nc1ccc(Oc2ccc(-n3cccn3)nn2)cc1)c1ccc(-n2cccn2)cc1. The van der Waals surface area contributed by atoms with Gasteiger partial charge in [0.1, 0.15) is 5.75 Å². The van der Waals surface area contributed by atoms with Gasteiger partial charge in [0.2, 0.25) is 5.88 Å². The van der Waals surface area contributed by atoms with Gasteiger partial charge in [-0.2, -0.15) is 10.2 Å². The summed E-state index contributed by atoms with van der Waals surface area (Å²) in [7, 11) is -3.75. The smallest absolute Gasteiger partial charge is 0.261 e. The van der Waals surface area contributed by atoms with Crippen LogP contribution in [0.5, 0.6) is 11.6 Å². The number of sulfonamides is 1. The summed E-state index contributed by atoms with van der Waals surface area (Å²) >= 11 is 0. The maximum Gasteiger partial charge on any atom is 0.261 e. The zero-order valence-electron chi connectivity index (χ0n) is 17.1. The molecule has 3 heterocycles. The highest BCUT2D eigenvalue weighted by molar-refractivity contribution is 7.92. The standard InChI is InChI=1S/C22H17N7O3S/c30-33(31,20-9-5-18(6-10-20)28-15-1-13-23-28)27-17-3-7-19(8-4-17)32-22-12-11-21(25-26-22)29-16-2-14-24-29/h1-16,27H. The molecule has 0 saturated heterocycles. The number of hydrogen-bond acceptors (Lipinski definition) is 7. The summed E-state index contributed by atoms with van der Waals surface area (Å²) < 4.78 is 36.9. The Labute approximate surface area is 189 Å². The Morgan fingerprint density at radius 3 is 2.06 bits per heavy atom. The van der Waals surface area contributed by atoms with Gasteiger partial charge in [0, 0.05) is 36.5 Å². The largest absolute Gasteiger partial charge is 0.438 e. The van der Waals surface area contributed by atoms with Gasteiger partial charge >= 0.3 is 0 Å². The molecule has 3 aromatic heterocycles. The van der Waals surface area contributed by atoms with Crippen molar-refractivity contribution >= 4 is 15.7 Å². The molecule has 0 bridgehead atoms. The lowest BCUT2D eigenvalue weighted by Gasteiger charge is -2.10. The van der Waals surface area contributed by atoms with E-state index in [1.54, 1.807) is 94.8 Å².